The van der Waals surface area contributed by atoms with Crippen molar-refractivity contribution in [2.45, 2.75) is 58.9 Å². The summed E-state index contributed by atoms with van der Waals surface area (Å²) in [6.45, 7) is 9.29. The van der Waals surface area contributed by atoms with Gasteiger partial charge in [0.05, 0.1) is 6.61 Å². The Labute approximate surface area is 124 Å². The Balaban J connectivity index is 2.01. The van der Waals surface area contributed by atoms with Gasteiger partial charge in [-0.25, -0.2) is 0 Å². The molecule has 20 heavy (non-hydrogen) atoms. The third kappa shape index (κ3) is 9.18. The van der Waals surface area contributed by atoms with E-state index in [0.29, 0.717) is 6.04 Å². The summed E-state index contributed by atoms with van der Waals surface area (Å²) in [7, 11) is 1.82. The fourth-order valence-electron chi connectivity index (χ4n) is 2.11. The Morgan fingerprint density at radius 2 is 2.00 bits per heavy atom. The molecule has 118 valence electrons. The lowest BCUT2D eigenvalue weighted by Gasteiger charge is -2.18. The van der Waals surface area contributed by atoms with Crippen LogP contribution in [0, 0.1) is 11.8 Å². The molecule has 0 aromatic rings. The second-order valence-electron chi connectivity index (χ2n) is 6.39. The monoisotopic (exact) mass is 283 g/mol. The van der Waals surface area contributed by atoms with Gasteiger partial charge in [-0.1, -0.05) is 26.7 Å². The van der Waals surface area contributed by atoms with Gasteiger partial charge in [-0.05, 0) is 38.0 Å². The largest absolute Gasteiger partial charge is 0.379 e. The molecule has 0 aliphatic heterocycles. The number of nitrogens with one attached hydrogen (secondary N) is 2. The van der Waals surface area contributed by atoms with Crippen LogP contribution < -0.4 is 10.6 Å². The molecule has 1 aliphatic rings. The molecule has 0 aromatic carbocycles. The predicted octanol–water partition coefficient (Wildman–Crippen LogP) is 2.79. The van der Waals surface area contributed by atoms with Crippen molar-refractivity contribution in [1.82, 2.24) is 10.6 Å². The van der Waals surface area contributed by atoms with Gasteiger partial charge in [0.25, 0.3) is 0 Å². The summed E-state index contributed by atoms with van der Waals surface area (Å²) in [6.07, 6.45) is 6.46. The maximum atomic E-state index is 5.60. The quantitative estimate of drug-likeness (QED) is 0.368. The van der Waals surface area contributed by atoms with Gasteiger partial charge in [-0.15, -0.1) is 0 Å². The molecule has 1 atom stereocenters. The first kappa shape index (κ1) is 17.3. The summed E-state index contributed by atoms with van der Waals surface area (Å²) in [6, 6.07) is 0.465. The van der Waals surface area contributed by atoms with E-state index in [-0.39, 0.29) is 0 Å². The molecule has 1 aliphatic carbocycles. The number of guanidine groups is 1. The lowest BCUT2D eigenvalue weighted by Crippen LogP contribution is -2.43. The number of nitrogens with zero attached hydrogens (tertiary/aromatic N) is 1. The van der Waals surface area contributed by atoms with Crippen LogP contribution in [0.5, 0.6) is 0 Å². The standard InChI is InChI=1S/C16H33N3O/c1-13(2)6-5-7-14(3)19-16(17-4)18-10-11-20-12-15-8-9-15/h13-15H,5-12H2,1-4H3,(H2,17,18,19). The van der Waals surface area contributed by atoms with Crippen molar-refractivity contribution in [3.8, 4) is 0 Å². The predicted molar refractivity (Wildman–Crippen MR) is 86.2 cm³/mol. The normalized spacial score (nSPS) is 17.4. The van der Waals surface area contributed by atoms with E-state index < -0.39 is 0 Å². The highest BCUT2D eigenvalue weighted by molar-refractivity contribution is 5.79. The molecule has 1 rings (SSSR count). The maximum absolute atomic E-state index is 5.60. The average Bonchev–Trinajstić information content (AvgIpc) is 3.20. The minimum absolute atomic E-state index is 0.465. The smallest absolute Gasteiger partial charge is 0.191 e. The van der Waals surface area contributed by atoms with E-state index in [1.54, 1.807) is 0 Å². The molecular formula is C16H33N3O. The van der Waals surface area contributed by atoms with Gasteiger partial charge in [0.15, 0.2) is 5.96 Å². The van der Waals surface area contributed by atoms with Crippen LogP contribution in [0.25, 0.3) is 0 Å². The molecule has 0 radical (unpaired) electrons. The van der Waals surface area contributed by atoms with E-state index in [1.807, 2.05) is 7.05 Å². The molecule has 2 N–H and O–H groups in total. The van der Waals surface area contributed by atoms with Gasteiger partial charge < -0.3 is 15.4 Å². The highest BCUT2D eigenvalue weighted by Crippen LogP contribution is 2.28. The van der Waals surface area contributed by atoms with Crippen LogP contribution in [0.2, 0.25) is 0 Å². The van der Waals surface area contributed by atoms with Gasteiger partial charge in [-0.2, -0.15) is 0 Å². The van der Waals surface area contributed by atoms with Crippen molar-refractivity contribution < 1.29 is 4.74 Å². The van der Waals surface area contributed by atoms with Crippen LogP contribution in [-0.4, -0.2) is 38.8 Å². The molecule has 0 saturated heterocycles. The van der Waals surface area contributed by atoms with Crippen LogP contribution in [-0.2, 0) is 4.74 Å². The van der Waals surface area contributed by atoms with Crippen LogP contribution in [0.1, 0.15) is 52.9 Å². The third-order valence-electron chi connectivity index (χ3n) is 3.61. The van der Waals surface area contributed by atoms with Crippen LogP contribution >= 0.6 is 0 Å². The SMILES string of the molecule is CN=C(NCCOCC1CC1)NC(C)CCCC(C)C. The first-order valence-electron chi connectivity index (χ1n) is 8.16. The van der Waals surface area contributed by atoms with Gasteiger partial charge in [-0.3, -0.25) is 4.99 Å². The van der Waals surface area contributed by atoms with E-state index in [0.717, 1.165) is 37.6 Å². The Morgan fingerprint density at radius 3 is 2.60 bits per heavy atom. The lowest BCUT2D eigenvalue weighted by molar-refractivity contribution is 0.129. The number of aliphatic imine (C=N–C) groups is 1. The molecular weight excluding hydrogens is 250 g/mol. The van der Waals surface area contributed by atoms with E-state index in [2.05, 4.69) is 36.4 Å². The van der Waals surface area contributed by atoms with Gasteiger partial charge in [0.2, 0.25) is 0 Å². The van der Waals surface area contributed by atoms with E-state index in [1.165, 1.54) is 32.1 Å². The van der Waals surface area contributed by atoms with Crippen molar-refractivity contribution in [2.75, 3.05) is 26.8 Å². The molecule has 0 aromatic heterocycles. The first-order chi connectivity index (χ1) is 9.61. The van der Waals surface area contributed by atoms with Crippen LogP contribution in [0.3, 0.4) is 0 Å². The highest BCUT2D eigenvalue weighted by Gasteiger charge is 2.20. The van der Waals surface area contributed by atoms with Gasteiger partial charge in [0, 0.05) is 26.2 Å². The zero-order valence-corrected chi connectivity index (χ0v) is 13.7. The Kier molecular flexibility index (Phi) is 8.67. The molecule has 0 heterocycles. The summed E-state index contributed by atoms with van der Waals surface area (Å²) in [5.74, 6) is 2.52. The molecule has 0 spiro atoms. The van der Waals surface area contributed by atoms with Crippen LogP contribution in [0.4, 0.5) is 0 Å². The second-order valence-corrected chi connectivity index (χ2v) is 6.39. The average molecular weight is 283 g/mol. The summed E-state index contributed by atoms with van der Waals surface area (Å²) in [4.78, 5) is 4.26. The highest BCUT2D eigenvalue weighted by atomic mass is 16.5. The number of hydrogen-bond donors (Lipinski definition) is 2. The number of hydrogen-bond acceptors (Lipinski definition) is 2. The van der Waals surface area contributed by atoms with Crippen molar-refractivity contribution in [3.63, 3.8) is 0 Å². The summed E-state index contributed by atoms with van der Waals surface area (Å²) in [5.41, 5.74) is 0. The minimum atomic E-state index is 0.465. The first-order valence-corrected chi connectivity index (χ1v) is 8.16. The van der Waals surface area contributed by atoms with Crippen LogP contribution in [0.15, 0.2) is 4.99 Å². The topological polar surface area (TPSA) is 45.7 Å². The summed E-state index contributed by atoms with van der Waals surface area (Å²) < 4.78 is 5.60. The molecule has 0 bridgehead atoms. The molecule has 1 saturated carbocycles. The summed E-state index contributed by atoms with van der Waals surface area (Å²) in [5, 5.41) is 6.74. The van der Waals surface area contributed by atoms with Crippen molar-refractivity contribution in [2.24, 2.45) is 16.8 Å². The zero-order chi connectivity index (χ0) is 14.8. The molecule has 1 fully saturated rings. The molecule has 0 amide bonds. The van der Waals surface area contributed by atoms with E-state index >= 15 is 0 Å². The van der Waals surface area contributed by atoms with E-state index in [4.69, 9.17) is 4.74 Å². The van der Waals surface area contributed by atoms with Crippen molar-refractivity contribution in [1.29, 1.82) is 0 Å². The van der Waals surface area contributed by atoms with Gasteiger partial charge in [0.1, 0.15) is 0 Å². The maximum Gasteiger partial charge on any atom is 0.191 e. The van der Waals surface area contributed by atoms with E-state index in [9.17, 15) is 0 Å². The Morgan fingerprint density at radius 1 is 1.25 bits per heavy atom. The Bertz CT molecular complexity index is 275. The minimum Gasteiger partial charge on any atom is -0.379 e. The number of ether oxygens (including phenoxy) is 1. The third-order valence-corrected chi connectivity index (χ3v) is 3.61. The fourth-order valence-corrected chi connectivity index (χ4v) is 2.11. The zero-order valence-electron chi connectivity index (χ0n) is 13.7. The fraction of sp³-hybridized carbons (Fsp3) is 0.938. The molecule has 4 nitrogen and oxygen atoms in total. The van der Waals surface area contributed by atoms with Crippen molar-refractivity contribution >= 4 is 5.96 Å². The number of rotatable bonds is 10. The second kappa shape index (κ2) is 10.0. The van der Waals surface area contributed by atoms with Crippen molar-refractivity contribution in [3.05, 3.63) is 0 Å². The molecule has 1 unspecified atom stereocenters. The lowest BCUT2D eigenvalue weighted by atomic mass is 10.0. The van der Waals surface area contributed by atoms with Gasteiger partial charge >= 0.3 is 0 Å². The molecule has 4 heteroatoms. The summed E-state index contributed by atoms with van der Waals surface area (Å²) >= 11 is 0. The Hall–Kier alpha value is -0.770.